The first-order valence-electron chi connectivity index (χ1n) is 9.54. The Bertz CT molecular complexity index is 768. The minimum absolute atomic E-state index is 0.0867. The zero-order valence-electron chi connectivity index (χ0n) is 15.8. The topological polar surface area (TPSA) is 96.5 Å². The first kappa shape index (κ1) is 20.3. The fourth-order valence-electron chi connectivity index (χ4n) is 4.23. The molecule has 0 aromatic heterocycles. The van der Waals surface area contributed by atoms with Crippen LogP contribution in [0.25, 0.3) is 0 Å². The van der Waals surface area contributed by atoms with Crippen LogP contribution in [0.5, 0.6) is 0 Å². The van der Waals surface area contributed by atoms with Gasteiger partial charge in [0.2, 0.25) is 15.9 Å². The van der Waals surface area contributed by atoms with E-state index in [0.717, 1.165) is 37.9 Å². The SMILES string of the molecule is COCCNS(=O)(=O)c1cccc(CNC(=O)[C@@]23CCCC[C@H]2CNC3)c1. The Labute approximate surface area is 161 Å². The average Bonchev–Trinajstić information content (AvgIpc) is 3.12. The van der Waals surface area contributed by atoms with Gasteiger partial charge < -0.3 is 15.4 Å². The molecule has 7 nitrogen and oxygen atoms in total. The van der Waals surface area contributed by atoms with Gasteiger partial charge in [0.1, 0.15) is 0 Å². The predicted molar refractivity (Wildman–Crippen MR) is 103 cm³/mol. The molecule has 0 spiro atoms. The van der Waals surface area contributed by atoms with Gasteiger partial charge in [-0.05, 0) is 43.0 Å². The summed E-state index contributed by atoms with van der Waals surface area (Å²) in [6, 6.07) is 6.69. The third-order valence-electron chi connectivity index (χ3n) is 5.75. The number of amides is 1. The summed E-state index contributed by atoms with van der Waals surface area (Å²) in [5.74, 6) is 0.492. The normalized spacial score (nSPS) is 25.1. The first-order chi connectivity index (χ1) is 13.0. The molecule has 0 bridgehead atoms. The van der Waals surface area contributed by atoms with Crippen molar-refractivity contribution in [3.63, 3.8) is 0 Å². The maximum atomic E-state index is 12.9. The van der Waals surface area contributed by atoms with Crippen LogP contribution in [0.3, 0.4) is 0 Å². The molecule has 2 aliphatic rings. The number of rotatable bonds is 8. The Morgan fingerprint density at radius 3 is 3.04 bits per heavy atom. The van der Waals surface area contributed by atoms with E-state index in [0.29, 0.717) is 19.1 Å². The molecular weight excluding hydrogens is 366 g/mol. The molecule has 1 aliphatic carbocycles. The van der Waals surface area contributed by atoms with E-state index in [1.807, 2.05) is 6.07 Å². The Morgan fingerprint density at radius 1 is 1.37 bits per heavy atom. The molecule has 1 heterocycles. The lowest BCUT2D eigenvalue weighted by Crippen LogP contribution is -2.47. The van der Waals surface area contributed by atoms with Gasteiger partial charge in [-0.15, -0.1) is 0 Å². The highest BCUT2D eigenvalue weighted by Gasteiger charge is 2.49. The van der Waals surface area contributed by atoms with Crippen molar-refractivity contribution in [3.05, 3.63) is 29.8 Å². The molecule has 1 aromatic rings. The Hall–Kier alpha value is -1.48. The Balaban J connectivity index is 1.64. The summed E-state index contributed by atoms with van der Waals surface area (Å²) < 4.78 is 32.0. The summed E-state index contributed by atoms with van der Waals surface area (Å²) >= 11 is 0. The van der Waals surface area contributed by atoms with Gasteiger partial charge in [0, 0.05) is 26.7 Å². The number of hydrogen-bond acceptors (Lipinski definition) is 5. The van der Waals surface area contributed by atoms with Crippen LogP contribution in [0.15, 0.2) is 29.2 Å². The summed E-state index contributed by atoms with van der Waals surface area (Å²) in [6.07, 6.45) is 4.31. The van der Waals surface area contributed by atoms with Crippen molar-refractivity contribution in [2.75, 3.05) is 33.4 Å². The number of nitrogens with one attached hydrogen (secondary N) is 3. The van der Waals surface area contributed by atoms with Crippen LogP contribution < -0.4 is 15.4 Å². The van der Waals surface area contributed by atoms with Crippen molar-refractivity contribution < 1.29 is 17.9 Å². The van der Waals surface area contributed by atoms with Gasteiger partial charge in [0.05, 0.1) is 16.9 Å². The molecule has 1 saturated carbocycles. The number of hydrogen-bond donors (Lipinski definition) is 3. The summed E-state index contributed by atoms with van der Waals surface area (Å²) in [7, 11) is -2.06. The predicted octanol–water partition coefficient (Wildman–Crippen LogP) is 1.01. The summed E-state index contributed by atoms with van der Waals surface area (Å²) in [6.45, 7) is 2.51. The van der Waals surface area contributed by atoms with Gasteiger partial charge in [-0.1, -0.05) is 25.0 Å². The van der Waals surface area contributed by atoms with E-state index >= 15 is 0 Å². The van der Waals surface area contributed by atoms with Gasteiger partial charge >= 0.3 is 0 Å². The standard InChI is InChI=1S/C19H29N3O4S/c1-26-10-9-22-27(24,25)17-7-4-5-15(11-17)12-21-18(23)19-8-3-2-6-16(19)13-20-14-19/h4-5,7,11,16,20,22H,2-3,6,8-10,12-14H2,1H3,(H,21,23)/t16-,19+/m0/s1. The smallest absolute Gasteiger partial charge is 0.240 e. The van der Waals surface area contributed by atoms with E-state index in [9.17, 15) is 13.2 Å². The second-order valence-corrected chi connectivity index (χ2v) is 9.22. The van der Waals surface area contributed by atoms with Crippen LogP contribution in [-0.4, -0.2) is 47.7 Å². The third kappa shape index (κ3) is 4.51. The lowest BCUT2D eigenvalue weighted by Gasteiger charge is -2.37. The number of fused-ring (bicyclic) bond motifs is 1. The van der Waals surface area contributed by atoms with Crippen molar-refractivity contribution in [2.24, 2.45) is 11.3 Å². The van der Waals surface area contributed by atoms with Crippen LogP contribution in [0.1, 0.15) is 31.2 Å². The highest BCUT2D eigenvalue weighted by molar-refractivity contribution is 7.89. The van der Waals surface area contributed by atoms with Gasteiger partial charge in [-0.2, -0.15) is 0 Å². The molecule has 1 saturated heterocycles. The maximum absolute atomic E-state index is 12.9. The molecule has 0 unspecified atom stereocenters. The van der Waals surface area contributed by atoms with E-state index in [2.05, 4.69) is 15.4 Å². The Kier molecular flexibility index (Phi) is 6.52. The molecular formula is C19H29N3O4S. The van der Waals surface area contributed by atoms with Gasteiger partial charge in [-0.25, -0.2) is 13.1 Å². The first-order valence-corrected chi connectivity index (χ1v) is 11.0. The van der Waals surface area contributed by atoms with E-state index < -0.39 is 10.0 Å². The molecule has 27 heavy (non-hydrogen) atoms. The van der Waals surface area contributed by atoms with Crippen molar-refractivity contribution in [2.45, 2.75) is 37.1 Å². The second kappa shape index (κ2) is 8.68. The molecule has 3 rings (SSSR count). The third-order valence-corrected chi connectivity index (χ3v) is 7.21. The van der Waals surface area contributed by atoms with Crippen molar-refractivity contribution in [1.82, 2.24) is 15.4 Å². The minimum Gasteiger partial charge on any atom is -0.383 e. The molecule has 1 aromatic carbocycles. The van der Waals surface area contributed by atoms with Gasteiger partial charge in [0.25, 0.3) is 0 Å². The van der Waals surface area contributed by atoms with Crippen LogP contribution in [0.4, 0.5) is 0 Å². The maximum Gasteiger partial charge on any atom is 0.240 e. The molecule has 8 heteroatoms. The zero-order chi connectivity index (χ0) is 19.3. The highest BCUT2D eigenvalue weighted by atomic mass is 32.2. The fraction of sp³-hybridized carbons (Fsp3) is 0.632. The largest absolute Gasteiger partial charge is 0.383 e. The van der Waals surface area contributed by atoms with E-state index in [1.54, 1.807) is 18.2 Å². The summed E-state index contributed by atoms with van der Waals surface area (Å²) in [4.78, 5) is 13.1. The van der Waals surface area contributed by atoms with Crippen molar-refractivity contribution in [3.8, 4) is 0 Å². The highest BCUT2D eigenvalue weighted by Crippen LogP contribution is 2.43. The molecule has 150 valence electrons. The molecule has 2 fully saturated rings. The number of methoxy groups -OCH3 is 1. The van der Waals surface area contributed by atoms with Crippen molar-refractivity contribution >= 4 is 15.9 Å². The Morgan fingerprint density at radius 2 is 2.22 bits per heavy atom. The number of carbonyl (C=O) groups excluding carboxylic acids is 1. The summed E-state index contributed by atoms with van der Waals surface area (Å²) in [5, 5.41) is 6.43. The van der Waals surface area contributed by atoms with E-state index in [1.165, 1.54) is 13.5 Å². The van der Waals surface area contributed by atoms with Crippen LogP contribution in [-0.2, 0) is 26.1 Å². The van der Waals surface area contributed by atoms with Crippen LogP contribution in [0.2, 0.25) is 0 Å². The lowest BCUT2D eigenvalue weighted by molar-refractivity contribution is -0.134. The lowest BCUT2D eigenvalue weighted by atomic mass is 9.67. The van der Waals surface area contributed by atoms with Crippen molar-refractivity contribution in [1.29, 1.82) is 0 Å². The quantitative estimate of drug-likeness (QED) is 0.571. The number of benzene rings is 1. The fourth-order valence-corrected chi connectivity index (χ4v) is 5.32. The van der Waals surface area contributed by atoms with Gasteiger partial charge in [-0.3, -0.25) is 4.79 Å². The second-order valence-electron chi connectivity index (χ2n) is 7.45. The number of carbonyl (C=O) groups is 1. The monoisotopic (exact) mass is 395 g/mol. The molecule has 3 N–H and O–H groups in total. The molecule has 1 amide bonds. The minimum atomic E-state index is -3.58. The van der Waals surface area contributed by atoms with Crippen LogP contribution in [0, 0.1) is 11.3 Å². The zero-order valence-corrected chi connectivity index (χ0v) is 16.6. The molecule has 0 radical (unpaired) electrons. The van der Waals surface area contributed by atoms with Crippen LogP contribution >= 0.6 is 0 Å². The van der Waals surface area contributed by atoms with Gasteiger partial charge in [0.15, 0.2) is 0 Å². The molecule has 1 aliphatic heterocycles. The van der Waals surface area contributed by atoms with E-state index in [4.69, 9.17) is 4.74 Å². The average molecular weight is 396 g/mol. The molecule has 2 atom stereocenters. The van der Waals surface area contributed by atoms with E-state index in [-0.39, 0.29) is 22.8 Å². The number of ether oxygens (including phenoxy) is 1. The number of sulfonamides is 1. The summed E-state index contributed by atoms with van der Waals surface area (Å²) in [5.41, 5.74) is 0.469.